The summed E-state index contributed by atoms with van der Waals surface area (Å²) in [6, 6.07) is 2.45. The molecule has 1 rings (SSSR count). The molecule has 5 nitrogen and oxygen atoms in total. The largest absolute Gasteiger partial charge is 0.481 e. The molecule has 0 bridgehead atoms. The first-order valence-corrected chi connectivity index (χ1v) is 6.50. The Morgan fingerprint density at radius 3 is 2.60 bits per heavy atom. The summed E-state index contributed by atoms with van der Waals surface area (Å²) in [5.41, 5.74) is 0.255. The summed E-state index contributed by atoms with van der Waals surface area (Å²) in [5.74, 6) is -1.68. The first kappa shape index (κ1) is 16.1. The van der Waals surface area contributed by atoms with Crippen molar-refractivity contribution in [3.05, 3.63) is 29.8 Å². The molecule has 110 valence electrons. The standard InChI is InChI=1S/C14H19FN2O3/c1-9(2)5-10(6-13(18)19)7-17-14(20)11-3-4-12(15)16-8-11/h3-4,8-10H,5-7H2,1-2H3,(H,17,20)(H,18,19). The molecule has 1 heterocycles. The van der Waals surface area contributed by atoms with Crippen molar-refractivity contribution in [3.63, 3.8) is 0 Å². The Morgan fingerprint density at radius 1 is 1.40 bits per heavy atom. The van der Waals surface area contributed by atoms with Gasteiger partial charge in [0.1, 0.15) is 0 Å². The van der Waals surface area contributed by atoms with E-state index < -0.39 is 11.9 Å². The average molecular weight is 282 g/mol. The van der Waals surface area contributed by atoms with Crippen LogP contribution in [0.1, 0.15) is 37.0 Å². The Kier molecular flexibility index (Phi) is 6.09. The summed E-state index contributed by atoms with van der Waals surface area (Å²) < 4.78 is 12.6. The number of carbonyl (C=O) groups is 2. The molecule has 0 saturated carbocycles. The number of nitrogens with one attached hydrogen (secondary N) is 1. The van der Waals surface area contributed by atoms with E-state index in [0.29, 0.717) is 12.3 Å². The minimum Gasteiger partial charge on any atom is -0.481 e. The number of rotatable bonds is 7. The van der Waals surface area contributed by atoms with Crippen LogP contribution in [0.4, 0.5) is 4.39 Å². The number of carbonyl (C=O) groups excluding carboxylic acids is 1. The van der Waals surface area contributed by atoms with Gasteiger partial charge in [-0.2, -0.15) is 4.39 Å². The van der Waals surface area contributed by atoms with E-state index in [4.69, 9.17) is 5.11 Å². The highest BCUT2D eigenvalue weighted by molar-refractivity contribution is 5.93. The molecular weight excluding hydrogens is 263 g/mol. The Labute approximate surface area is 117 Å². The third-order valence-corrected chi connectivity index (χ3v) is 2.81. The van der Waals surface area contributed by atoms with Crippen molar-refractivity contribution in [2.75, 3.05) is 6.54 Å². The van der Waals surface area contributed by atoms with Gasteiger partial charge in [-0.1, -0.05) is 13.8 Å². The van der Waals surface area contributed by atoms with Crippen LogP contribution in [-0.4, -0.2) is 28.5 Å². The number of carboxylic acid groups (broad SMARTS) is 1. The van der Waals surface area contributed by atoms with Gasteiger partial charge < -0.3 is 10.4 Å². The molecule has 0 aliphatic carbocycles. The molecule has 0 aromatic carbocycles. The Balaban J connectivity index is 2.55. The zero-order chi connectivity index (χ0) is 15.1. The average Bonchev–Trinajstić information content (AvgIpc) is 2.35. The summed E-state index contributed by atoms with van der Waals surface area (Å²) in [4.78, 5) is 26.0. The third-order valence-electron chi connectivity index (χ3n) is 2.81. The molecule has 2 N–H and O–H groups in total. The molecule has 0 radical (unpaired) electrons. The summed E-state index contributed by atoms with van der Waals surface area (Å²) in [7, 11) is 0. The second kappa shape index (κ2) is 7.57. The maximum atomic E-state index is 12.6. The number of nitrogens with zero attached hydrogens (tertiary/aromatic N) is 1. The fourth-order valence-corrected chi connectivity index (χ4v) is 2.00. The highest BCUT2D eigenvalue weighted by Gasteiger charge is 2.16. The summed E-state index contributed by atoms with van der Waals surface area (Å²) in [6.45, 7) is 4.28. The quantitative estimate of drug-likeness (QED) is 0.750. The van der Waals surface area contributed by atoms with E-state index in [1.807, 2.05) is 13.8 Å². The number of pyridine rings is 1. The van der Waals surface area contributed by atoms with Crippen molar-refractivity contribution >= 4 is 11.9 Å². The van der Waals surface area contributed by atoms with Gasteiger partial charge >= 0.3 is 5.97 Å². The number of amides is 1. The van der Waals surface area contributed by atoms with Crippen molar-refractivity contribution in [2.24, 2.45) is 11.8 Å². The minimum absolute atomic E-state index is 0.0140. The number of hydrogen-bond donors (Lipinski definition) is 2. The highest BCUT2D eigenvalue weighted by Crippen LogP contribution is 2.15. The Hall–Kier alpha value is -1.98. The Bertz CT molecular complexity index is 460. The number of aliphatic carboxylic acids is 1. The van der Waals surface area contributed by atoms with E-state index in [1.54, 1.807) is 0 Å². The van der Waals surface area contributed by atoms with Crippen LogP contribution in [0.25, 0.3) is 0 Å². The van der Waals surface area contributed by atoms with E-state index in [0.717, 1.165) is 12.3 Å². The minimum atomic E-state index is -0.881. The third kappa shape index (κ3) is 5.77. The second-order valence-corrected chi connectivity index (χ2v) is 5.17. The molecule has 1 aromatic heterocycles. The molecule has 0 aliphatic heterocycles. The van der Waals surface area contributed by atoms with Gasteiger partial charge in [0.05, 0.1) is 5.56 Å². The van der Waals surface area contributed by atoms with Gasteiger partial charge in [0.15, 0.2) is 0 Å². The number of hydrogen-bond acceptors (Lipinski definition) is 3. The number of aromatic nitrogens is 1. The molecule has 0 aliphatic rings. The summed E-state index contributed by atoms with van der Waals surface area (Å²) in [5, 5.41) is 11.5. The van der Waals surface area contributed by atoms with Crippen LogP contribution in [0.5, 0.6) is 0 Å². The maximum Gasteiger partial charge on any atom is 0.303 e. The van der Waals surface area contributed by atoms with Crippen LogP contribution in [0.3, 0.4) is 0 Å². The molecule has 6 heteroatoms. The van der Waals surface area contributed by atoms with E-state index in [-0.39, 0.29) is 30.4 Å². The lowest BCUT2D eigenvalue weighted by Crippen LogP contribution is -2.31. The summed E-state index contributed by atoms with van der Waals surface area (Å²) in [6.07, 6.45) is 1.88. The van der Waals surface area contributed by atoms with Crippen LogP contribution in [0, 0.1) is 17.8 Å². The van der Waals surface area contributed by atoms with Crippen molar-refractivity contribution in [1.82, 2.24) is 10.3 Å². The molecule has 20 heavy (non-hydrogen) atoms. The van der Waals surface area contributed by atoms with Gasteiger partial charge in [0.25, 0.3) is 5.91 Å². The highest BCUT2D eigenvalue weighted by atomic mass is 19.1. The van der Waals surface area contributed by atoms with Gasteiger partial charge in [0.2, 0.25) is 5.95 Å². The fourth-order valence-electron chi connectivity index (χ4n) is 2.00. The number of halogens is 1. The van der Waals surface area contributed by atoms with Crippen LogP contribution >= 0.6 is 0 Å². The van der Waals surface area contributed by atoms with Crippen LogP contribution < -0.4 is 5.32 Å². The monoisotopic (exact) mass is 282 g/mol. The molecule has 0 fully saturated rings. The molecule has 0 saturated heterocycles. The lowest BCUT2D eigenvalue weighted by molar-refractivity contribution is -0.138. The van der Waals surface area contributed by atoms with Crippen LogP contribution in [0.2, 0.25) is 0 Å². The molecule has 0 spiro atoms. The fraction of sp³-hybridized carbons (Fsp3) is 0.500. The SMILES string of the molecule is CC(C)CC(CNC(=O)c1ccc(F)nc1)CC(=O)O. The van der Waals surface area contributed by atoms with Crippen molar-refractivity contribution in [3.8, 4) is 0 Å². The van der Waals surface area contributed by atoms with Crippen molar-refractivity contribution in [2.45, 2.75) is 26.7 Å². The van der Waals surface area contributed by atoms with Gasteiger partial charge in [-0.15, -0.1) is 0 Å². The lowest BCUT2D eigenvalue weighted by Gasteiger charge is -2.17. The topological polar surface area (TPSA) is 79.3 Å². The van der Waals surface area contributed by atoms with Crippen LogP contribution in [-0.2, 0) is 4.79 Å². The maximum absolute atomic E-state index is 12.6. The molecule has 1 atom stereocenters. The van der Waals surface area contributed by atoms with E-state index in [2.05, 4.69) is 10.3 Å². The predicted octanol–water partition coefficient (Wildman–Crippen LogP) is 2.09. The summed E-state index contributed by atoms with van der Waals surface area (Å²) >= 11 is 0. The smallest absolute Gasteiger partial charge is 0.303 e. The molecule has 1 amide bonds. The zero-order valence-electron chi connectivity index (χ0n) is 11.6. The van der Waals surface area contributed by atoms with E-state index in [1.165, 1.54) is 6.07 Å². The normalized spacial score (nSPS) is 12.2. The van der Waals surface area contributed by atoms with Crippen molar-refractivity contribution < 1.29 is 19.1 Å². The predicted molar refractivity (Wildman–Crippen MR) is 71.7 cm³/mol. The molecule has 1 aromatic rings. The second-order valence-electron chi connectivity index (χ2n) is 5.17. The molecular formula is C14H19FN2O3. The van der Waals surface area contributed by atoms with Crippen LogP contribution in [0.15, 0.2) is 18.3 Å². The van der Waals surface area contributed by atoms with Gasteiger partial charge in [0, 0.05) is 19.2 Å². The van der Waals surface area contributed by atoms with Crippen molar-refractivity contribution in [1.29, 1.82) is 0 Å². The van der Waals surface area contributed by atoms with E-state index >= 15 is 0 Å². The zero-order valence-corrected chi connectivity index (χ0v) is 11.6. The first-order chi connectivity index (χ1) is 9.38. The van der Waals surface area contributed by atoms with E-state index in [9.17, 15) is 14.0 Å². The van der Waals surface area contributed by atoms with Gasteiger partial charge in [-0.25, -0.2) is 4.98 Å². The Morgan fingerprint density at radius 2 is 2.10 bits per heavy atom. The van der Waals surface area contributed by atoms with Gasteiger partial charge in [-0.3, -0.25) is 9.59 Å². The van der Waals surface area contributed by atoms with Gasteiger partial charge in [-0.05, 0) is 30.4 Å². The first-order valence-electron chi connectivity index (χ1n) is 6.50. The number of carboxylic acids is 1. The lowest BCUT2D eigenvalue weighted by atomic mass is 9.94. The molecule has 1 unspecified atom stereocenters.